The summed E-state index contributed by atoms with van der Waals surface area (Å²) >= 11 is 0. The molecule has 0 rings (SSSR count). The van der Waals surface area contributed by atoms with Crippen LogP contribution < -0.4 is 0 Å². The van der Waals surface area contributed by atoms with E-state index in [1.807, 2.05) is 6.92 Å². The van der Waals surface area contributed by atoms with Gasteiger partial charge in [0.15, 0.2) is 0 Å². The van der Waals surface area contributed by atoms with E-state index >= 15 is 0 Å². The topological polar surface area (TPSA) is 72.8 Å². The first kappa shape index (κ1) is 14.9. The van der Waals surface area contributed by atoms with Gasteiger partial charge in [-0.25, -0.2) is 0 Å². The number of hydrogen-bond donors (Lipinski definition) is 1. The molecule has 1 N–H and O–H groups in total. The summed E-state index contributed by atoms with van der Waals surface area (Å²) in [5.41, 5.74) is -0.540. The van der Waals surface area contributed by atoms with Crippen LogP contribution in [0.2, 0.25) is 0 Å². The van der Waals surface area contributed by atoms with Crippen LogP contribution in [0.25, 0.3) is 0 Å². The van der Waals surface area contributed by atoms with Crippen LogP contribution in [-0.2, 0) is 19.1 Å². The highest BCUT2D eigenvalue weighted by molar-refractivity contribution is 5.73. The molecular weight excluding hydrogens is 212 g/mol. The van der Waals surface area contributed by atoms with Crippen molar-refractivity contribution in [3.05, 3.63) is 0 Å². The lowest BCUT2D eigenvalue weighted by molar-refractivity contribution is -0.159. The molecule has 94 valence electrons. The van der Waals surface area contributed by atoms with Crippen LogP contribution in [0.5, 0.6) is 0 Å². The number of carbonyl (C=O) groups excluding carboxylic acids is 2. The van der Waals surface area contributed by atoms with Crippen molar-refractivity contribution in [3.63, 3.8) is 0 Å². The van der Waals surface area contributed by atoms with Gasteiger partial charge < -0.3 is 14.6 Å². The third-order valence-corrected chi connectivity index (χ3v) is 2.27. The normalized spacial score (nSPS) is 13.1. The molecule has 0 aliphatic heterocycles. The van der Waals surface area contributed by atoms with Gasteiger partial charge in [0.25, 0.3) is 0 Å². The fourth-order valence-corrected chi connectivity index (χ4v) is 0.962. The Kier molecular flexibility index (Phi) is 6.03. The zero-order valence-corrected chi connectivity index (χ0v) is 10.3. The monoisotopic (exact) mass is 232 g/mol. The fraction of sp³-hybridized carbons (Fsp3) is 0.818. The molecule has 0 bridgehead atoms. The van der Waals surface area contributed by atoms with Gasteiger partial charge in [0.1, 0.15) is 5.60 Å². The van der Waals surface area contributed by atoms with Gasteiger partial charge in [0, 0.05) is 0 Å². The predicted molar refractivity (Wildman–Crippen MR) is 57.7 cm³/mol. The first-order valence-electron chi connectivity index (χ1n) is 5.27. The summed E-state index contributed by atoms with van der Waals surface area (Å²) in [6.45, 7) is 5.48. The van der Waals surface area contributed by atoms with Crippen molar-refractivity contribution in [2.24, 2.45) is 0 Å². The number of rotatable bonds is 6. The van der Waals surface area contributed by atoms with Crippen LogP contribution >= 0.6 is 0 Å². The van der Waals surface area contributed by atoms with E-state index in [4.69, 9.17) is 4.74 Å². The van der Waals surface area contributed by atoms with Gasteiger partial charge in [-0.1, -0.05) is 6.92 Å². The van der Waals surface area contributed by atoms with E-state index in [1.165, 1.54) is 7.11 Å². The van der Waals surface area contributed by atoms with E-state index in [1.54, 1.807) is 13.8 Å². The molecule has 0 radical (unpaired) electrons. The maximum absolute atomic E-state index is 11.4. The molecule has 0 fully saturated rings. The second kappa shape index (κ2) is 6.48. The maximum Gasteiger partial charge on any atom is 0.308 e. The van der Waals surface area contributed by atoms with E-state index in [0.29, 0.717) is 6.42 Å². The van der Waals surface area contributed by atoms with E-state index in [2.05, 4.69) is 4.74 Å². The predicted octanol–water partition coefficient (Wildman–Crippen LogP) is 1.03. The molecule has 0 aromatic heterocycles. The first-order valence-corrected chi connectivity index (χ1v) is 5.27. The number of methoxy groups -OCH3 is 1. The Morgan fingerprint density at radius 3 is 2.19 bits per heavy atom. The number of hydrogen-bond acceptors (Lipinski definition) is 5. The SMILES string of the molecule is CCC(C)(C)OC(=O)CC(O)CC(=O)OC. The summed E-state index contributed by atoms with van der Waals surface area (Å²) in [5.74, 6) is -1.06. The molecule has 0 aliphatic carbocycles. The van der Waals surface area contributed by atoms with Crippen molar-refractivity contribution in [1.29, 1.82) is 0 Å². The summed E-state index contributed by atoms with van der Waals surface area (Å²) < 4.78 is 9.50. The molecule has 0 saturated carbocycles. The smallest absolute Gasteiger partial charge is 0.308 e. The molecule has 5 nitrogen and oxygen atoms in total. The first-order chi connectivity index (χ1) is 7.30. The van der Waals surface area contributed by atoms with Gasteiger partial charge in [0.05, 0.1) is 26.1 Å². The molecule has 0 aliphatic rings. The van der Waals surface area contributed by atoms with Crippen LogP contribution in [0.15, 0.2) is 0 Å². The number of aliphatic hydroxyl groups excluding tert-OH is 1. The Hall–Kier alpha value is -1.10. The average molecular weight is 232 g/mol. The van der Waals surface area contributed by atoms with Crippen molar-refractivity contribution in [1.82, 2.24) is 0 Å². The van der Waals surface area contributed by atoms with Crippen molar-refractivity contribution in [2.45, 2.75) is 51.7 Å². The molecule has 0 aromatic carbocycles. The van der Waals surface area contributed by atoms with Crippen LogP contribution in [0.3, 0.4) is 0 Å². The largest absolute Gasteiger partial charge is 0.469 e. The van der Waals surface area contributed by atoms with E-state index in [0.717, 1.165) is 0 Å². The minimum absolute atomic E-state index is 0.196. The lowest BCUT2D eigenvalue weighted by Gasteiger charge is -2.23. The Morgan fingerprint density at radius 1 is 1.25 bits per heavy atom. The molecule has 0 saturated heterocycles. The summed E-state index contributed by atoms with van der Waals surface area (Å²) in [6.07, 6.45) is -0.754. The van der Waals surface area contributed by atoms with E-state index < -0.39 is 23.6 Å². The highest BCUT2D eigenvalue weighted by Crippen LogP contribution is 2.15. The second-order valence-corrected chi connectivity index (χ2v) is 4.23. The summed E-state index contributed by atoms with van der Waals surface area (Å²) in [4.78, 5) is 22.2. The molecule has 1 atom stereocenters. The minimum Gasteiger partial charge on any atom is -0.469 e. The lowest BCUT2D eigenvalue weighted by Crippen LogP contribution is -2.29. The van der Waals surface area contributed by atoms with Crippen molar-refractivity contribution < 1.29 is 24.2 Å². The van der Waals surface area contributed by atoms with Crippen LogP contribution in [-0.4, -0.2) is 35.9 Å². The van der Waals surface area contributed by atoms with Crippen LogP contribution in [0, 0.1) is 0 Å². The van der Waals surface area contributed by atoms with Gasteiger partial charge in [-0.3, -0.25) is 9.59 Å². The van der Waals surface area contributed by atoms with Gasteiger partial charge >= 0.3 is 11.9 Å². The summed E-state index contributed by atoms with van der Waals surface area (Å²) in [5, 5.41) is 9.39. The van der Waals surface area contributed by atoms with Crippen LogP contribution in [0.4, 0.5) is 0 Å². The molecule has 16 heavy (non-hydrogen) atoms. The number of esters is 2. The average Bonchev–Trinajstić information content (AvgIpc) is 2.16. The standard InChI is InChI=1S/C11H20O5/c1-5-11(2,3)16-10(14)7-8(12)6-9(13)15-4/h8,12H,5-7H2,1-4H3. The minimum atomic E-state index is -1.05. The molecule has 0 aromatic rings. The lowest BCUT2D eigenvalue weighted by atomic mass is 10.1. The van der Waals surface area contributed by atoms with Gasteiger partial charge in [-0.05, 0) is 20.3 Å². The number of aliphatic hydroxyl groups is 1. The number of ether oxygens (including phenoxy) is 2. The molecule has 0 heterocycles. The van der Waals surface area contributed by atoms with E-state index in [-0.39, 0.29) is 12.8 Å². The van der Waals surface area contributed by atoms with E-state index in [9.17, 15) is 14.7 Å². The second-order valence-electron chi connectivity index (χ2n) is 4.23. The molecule has 0 spiro atoms. The Labute approximate surface area is 95.7 Å². The van der Waals surface area contributed by atoms with Gasteiger partial charge in [-0.15, -0.1) is 0 Å². The highest BCUT2D eigenvalue weighted by atomic mass is 16.6. The molecule has 5 heteroatoms. The van der Waals surface area contributed by atoms with Crippen molar-refractivity contribution in [2.75, 3.05) is 7.11 Å². The molecule has 0 amide bonds. The Bertz CT molecular complexity index is 247. The highest BCUT2D eigenvalue weighted by Gasteiger charge is 2.23. The Balaban J connectivity index is 4.01. The fourth-order valence-electron chi connectivity index (χ4n) is 0.962. The Morgan fingerprint density at radius 2 is 1.75 bits per heavy atom. The number of carbonyl (C=O) groups is 2. The molecular formula is C11H20O5. The van der Waals surface area contributed by atoms with Crippen molar-refractivity contribution >= 4 is 11.9 Å². The van der Waals surface area contributed by atoms with Gasteiger partial charge in [-0.2, -0.15) is 0 Å². The quantitative estimate of drug-likeness (QED) is 0.692. The zero-order chi connectivity index (χ0) is 12.8. The summed E-state index contributed by atoms with van der Waals surface area (Å²) in [6, 6.07) is 0. The maximum atomic E-state index is 11.4. The summed E-state index contributed by atoms with van der Waals surface area (Å²) in [7, 11) is 1.23. The zero-order valence-electron chi connectivity index (χ0n) is 10.3. The van der Waals surface area contributed by atoms with Gasteiger partial charge in [0.2, 0.25) is 0 Å². The van der Waals surface area contributed by atoms with Crippen LogP contribution in [0.1, 0.15) is 40.0 Å². The molecule has 1 unspecified atom stereocenters. The third kappa shape index (κ3) is 6.40. The van der Waals surface area contributed by atoms with Crippen molar-refractivity contribution in [3.8, 4) is 0 Å². The third-order valence-electron chi connectivity index (χ3n) is 2.27.